The van der Waals surface area contributed by atoms with Crippen molar-refractivity contribution in [1.82, 2.24) is 16.0 Å². The molecule has 0 unspecified atom stereocenters. The van der Waals surface area contributed by atoms with Crippen LogP contribution in [0.1, 0.15) is 24.0 Å². The molecule has 0 bridgehead atoms. The summed E-state index contributed by atoms with van der Waals surface area (Å²) in [6.07, 6.45) is 6.13. The molecule has 1 heterocycles. The van der Waals surface area contributed by atoms with Crippen LogP contribution in [0, 0.1) is 5.92 Å². The first-order valence-electron chi connectivity index (χ1n) is 8.26. The third-order valence-electron chi connectivity index (χ3n) is 4.16. The molecule has 4 nitrogen and oxygen atoms in total. The van der Waals surface area contributed by atoms with Gasteiger partial charge in [0.05, 0.1) is 5.82 Å². The Bertz CT molecular complexity index is 709. The Labute approximate surface area is 159 Å². The van der Waals surface area contributed by atoms with E-state index in [0.717, 1.165) is 40.9 Å². The predicted octanol–water partition coefficient (Wildman–Crippen LogP) is 3.16. The van der Waals surface area contributed by atoms with Crippen LogP contribution in [-0.4, -0.2) is 19.0 Å². The lowest BCUT2D eigenvalue weighted by Crippen LogP contribution is -2.33. The van der Waals surface area contributed by atoms with Gasteiger partial charge in [-0.15, -0.1) is 0 Å². The van der Waals surface area contributed by atoms with Crippen LogP contribution >= 0.6 is 22.6 Å². The van der Waals surface area contributed by atoms with E-state index in [1.165, 1.54) is 25.0 Å². The number of carbonyl (C=O) groups is 1. The molecule has 1 aromatic carbocycles. The SMILES string of the molecule is O=C(NCc1cccc(C(F)(F)I)c1)C1=CCNC(NCC2CC2)=C1. The van der Waals surface area contributed by atoms with Gasteiger partial charge in [0, 0.05) is 53.4 Å². The number of alkyl halides is 3. The average molecular weight is 459 g/mol. The zero-order valence-electron chi connectivity index (χ0n) is 13.6. The van der Waals surface area contributed by atoms with E-state index in [1.807, 2.05) is 6.08 Å². The van der Waals surface area contributed by atoms with Crippen LogP contribution in [0.25, 0.3) is 0 Å². The molecule has 0 spiro atoms. The van der Waals surface area contributed by atoms with Crippen LogP contribution in [0.5, 0.6) is 0 Å². The minimum Gasteiger partial charge on any atom is -0.372 e. The zero-order valence-corrected chi connectivity index (χ0v) is 15.8. The summed E-state index contributed by atoms with van der Waals surface area (Å²) in [6, 6.07) is 6.10. The number of carbonyl (C=O) groups excluding carboxylic acids is 1. The van der Waals surface area contributed by atoms with Gasteiger partial charge in [0.15, 0.2) is 0 Å². The predicted molar refractivity (Wildman–Crippen MR) is 101 cm³/mol. The molecule has 1 amide bonds. The number of rotatable bonds is 7. The molecule has 134 valence electrons. The lowest BCUT2D eigenvalue weighted by Gasteiger charge is -2.17. The minimum atomic E-state index is -2.92. The second kappa shape index (κ2) is 7.72. The molecule has 1 aliphatic heterocycles. The van der Waals surface area contributed by atoms with Crippen molar-refractivity contribution < 1.29 is 13.6 Å². The number of halogens is 3. The highest BCUT2D eigenvalue weighted by molar-refractivity contribution is 14.1. The Balaban J connectivity index is 1.56. The quantitative estimate of drug-likeness (QED) is 0.434. The van der Waals surface area contributed by atoms with Gasteiger partial charge in [-0.1, -0.05) is 24.3 Å². The summed E-state index contributed by atoms with van der Waals surface area (Å²) in [5, 5.41) is 9.30. The molecule has 25 heavy (non-hydrogen) atoms. The number of nitrogens with one attached hydrogen (secondary N) is 3. The molecule has 1 fully saturated rings. The second-order valence-electron chi connectivity index (χ2n) is 6.30. The highest BCUT2D eigenvalue weighted by Crippen LogP contribution is 2.35. The van der Waals surface area contributed by atoms with Gasteiger partial charge in [-0.3, -0.25) is 4.79 Å². The third-order valence-corrected chi connectivity index (χ3v) is 4.78. The Hall–Kier alpha value is -1.64. The molecule has 0 atom stereocenters. The van der Waals surface area contributed by atoms with E-state index in [-0.39, 0.29) is 18.0 Å². The van der Waals surface area contributed by atoms with Crippen LogP contribution < -0.4 is 16.0 Å². The summed E-state index contributed by atoms with van der Waals surface area (Å²) in [4.78, 5) is 12.3. The van der Waals surface area contributed by atoms with E-state index in [9.17, 15) is 13.6 Å². The number of amides is 1. The Morgan fingerprint density at radius 2 is 2.16 bits per heavy atom. The van der Waals surface area contributed by atoms with Crippen LogP contribution in [0.15, 0.2) is 47.8 Å². The normalized spacial score (nSPS) is 17.2. The van der Waals surface area contributed by atoms with E-state index in [0.29, 0.717) is 17.7 Å². The Morgan fingerprint density at radius 1 is 1.36 bits per heavy atom. The van der Waals surface area contributed by atoms with Crippen molar-refractivity contribution in [3.63, 3.8) is 0 Å². The number of dihydropyridines is 1. The molecule has 2 aliphatic rings. The van der Waals surface area contributed by atoms with Crippen LogP contribution in [0.3, 0.4) is 0 Å². The fraction of sp³-hybridized carbons (Fsp3) is 0.389. The fourth-order valence-corrected chi connectivity index (χ4v) is 2.86. The highest BCUT2D eigenvalue weighted by atomic mass is 127. The first kappa shape index (κ1) is 18.2. The maximum absolute atomic E-state index is 13.4. The van der Waals surface area contributed by atoms with E-state index >= 15 is 0 Å². The van der Waals surface area contributed by atoms with Crippen molar-refractivity contribution in [1.29, 1.82) is 0 Å². The lowest BCUT2D eigenvalue weighted by atomic mass is 10.1. The molecule has 1 saturated carbocycles. The van der Waals surface area contributed by atoms with Crippen molar-refractivity contribution in [2.45, 2.75) is 23.3 Å². The first-order valence-corrected chi connectivity index (χ1v) is 9.33. The van der Waals surface area contributed by atoms with Gasteiger partial charge in [-0.25, -0.2) is 0 Å². The molecule has 3 N–H and O–H groups in total. The van der Waals surface area contributed by atoms with Crippen LogP contribution in [0.2, 0.25) is 0 Å². The van der Waals surface area contributed by atoms with Crippen LogP contribution in [-0.2, 0) is 15.3 Å². The Morgan fingerprint density at radius 3 is 2.88 bits per heavy atom. The van der Waals surface area contributed by atoms with E-state index in [4.69, 9.17) is 0 Å². The standard InChI is InChI=1S/C18H20F2IN3O/c19-18(20,21)15-3-1-2-13(8-15)11-24-17(25)14-6-7-22-16(9-14)23-10-12-4-5-12/h1-3,6,8-9,12,22-23H,4-5,7,10-11H2,(H,24,25). The molecule has 3 rings (SSSR count). The number of benzene rings is 1. The van der Waals surface area contributed by atoms with Gasteiger partial charge < -0.3 is 16.0 Å². The molecule has 1 aliphatic carbocycles. The smallest absolute Gasteiger partial charge is 0.321 e. The summed E-state index contributed by atoms with van der Waals surface area (Å²) < 4.78 is 23.8. The summed E-state index contributed by atoms with van der Waals surface area (Å²) in [5.41, 5.74) is 1.16. The molecule has 0 radical (unpaired) electrons. The molecule has 7 heteroatoms. The van der Waals surface area contributed by atoms with Gasteiger partial charge >= 0.3 is 3.93 Å². The largest absolute Gasteiger partial charge is 0.372 e. The average Bonchev–Trinajstić information content (AvgIpc) is 3.42. The van der Waals surface area contributed by atoms with Gasteiger partial charge in [-0.05, 0) is 36.5 Å². The van der Waals surface area contributed by atoms with Crippen molar-refractivity contribution in [3.05, 3.63) is 58.9 Å². The molecule has 1 aromatic rings. The van der Waals surface area contributed by atoms with Crippen molar-refractivity contribution >= 4 is 28.5 Å². The number of hydrogen-bond acceptors (Lipinski definition) is 3. The van der Waals surface area contributed by atoms with Gasteiger partial charge in [0.1, 0.15) is 0 Å². The molecular weight excluding hydrogens is 439 g/mol. The van der Waals surface area contributed by atoms with Gasteiger partial charge in [-0.2, -0.15) is 8.78 Å². The zero-order chi connectivity index (χ0) is 17.9. The lowest BCUT2D eigenvalue weighted by molar-refractivity contribution is -0.117. The summed E-state index contributed by atoms with van der Waals surface area (Å²) in [7, 11) is 0. The topological polar surface area (TPSA) is 53.2 Å². The molecule has 0 aromatic heterocycles. The van der Waals surface area contributed by atoms with Crippen molar-refractivity contribution in [3.8, 4) is 0 Å². The summed E-state index contributed by atoms with van der Waals surface area (Å²) in [6.45, 7) is 1.72. The molecular formula is C18H20F2IN3O. The number of hydrogen-bond donors (Lipinski definition) is 3. The highest BCUT2D eigenvalue weighted by Gasteiger charge is 2.26. The summed E-state index contributed by atoms with van der Waals surface area (Å²) in [5.74, 6) is 1.39. The Kier molecular flexibility index (Phi) is 5.61. The van der Waals surface area contributed by atoms with E-state index < -0.39 is 3.93 Å². The van der Waals surface area contributed by atoms with Gasteiger partial charge in [0.25, 0.3) is 5.91 Å². The fourth-order valence-electron chi connectivity index (χ4n) is 2.53. The van der Waals surface area contributed by atoms with Crippen molar-refractivity contribution in [2.75, 3.05) is 13.1 Å². The van der Waals surface area contributed by atoms with Crippen LogP contribution in [0.4, 0.5) is 8.78 Å². The van der Waals surface area contributed by atoms with Gasteiger partial charge in [0.2, 0.25) is 0 Å². The molecule has 0 saturated heterocycles. The maximum Gasteiger partial charge on any atom is 0.321 e. The third kappa shape index (κ3) is 5.42. The maximum atomic E-state index is 13.4. The van der Waals surface area contributed by atoms with E-state index in [1.54, 1.807) is 18.2 Å². The first-order chi connectivity index (χ1) is 11.9. The van der Waals surface area contributed by atoms with Crippen molar-refractivity contribution in [2.24, 2.45) is 5.92 Å². The van der Waals surface area contributed by atoms with E-state index in [2.05, 4.69) is 16.0 Å². The monoisotopic (exact) mass is 459 g/mol. The second-order valence-corrected chi connectivity index (χ2v) is 7.66. The minimum absolute atomic E-state index is 0.0626. The summed E-state index contributed by atoms with van der Waals surface area (Å²) >= 11 is 1.10.